The molecule has 0 aromatic rings. The highest BCUT2D eigenvalue weighted by atomic mass is 28.3. The molecule has 0 bridgehead atoms. The van der Waals surface area contributed by atoms with Gasteiger partial charge < -0.3 is 15.6 Å². The number of aliphatic hydroxyl groups excluding tert-OH is 2. The average Bonchev–Trinajstić information content (AvgIpc) is 1.88. The van der Waals surface area contributed by atoms with Crippen molar-refractivity contribution in [2.45, 2.75) is 31.5 Å². The monoisotopic (exact) mass is 177 g/mol. The zero-order chi connectivity index (χ0) is 8.74. The lowest BCUT2D eigenvalue weighted by atomic mass is 10.6. The molecule has 0 aliphatic rings. The first-order valence-electron chi connectivity index (χ1n) is 4.19. The van der Waals surface area contributed by atoms with E-state index in [1.165, 1.54) is 0 Å². The fourth-order valence-electron chi connectivity index (χ4n) is 1.32. The first-order valence-corrected chi connectivity index (χ1v) is 6.89. The molecule has 0 amide bonds. The number of rotatable bonds is 6. The van der Waals surface area contributed by atoms with Gasteiger partial charge in [-0.1, -0.05) is 13.3 Å². The molecule has 0 aliphatic heterocycles. The summed E-state index contributed by atoms with van der Waals surface area (Å²) < 4.78 is 0. The number of hydrogen-bond acceptors (Lipinski definition) is 3. The highest BCUT2D eigenvalue weighted by Gasteiger charge is 2.25. The zero-order valence-electron chi connectivity index (χ0n) is 7.21. The van der Waals surface area contributed by atoms with Crippen molar-refractivity contribution in [2.24, 2.45) is 5.40 Å². The maximum atomic E-state index is 8.73. The maximum Gasteiger partial charge on any atom is 0.127 e. The molecular formula is C7H19NO2Si. The van der Waals surface area contributed by atoms with Gasteiger partial charge in [0.25, 0.3) is 0 Å². The van der Waals surface area contributed by atoms with Crippen LogP contribution in [0.5, 0.6) is 0 Å². The Bertz CT molecular complexity index is 83.4. The van der Waals surface area contributed by atoms with E-state index in [1.54, 1.807) is 0 Å². The third-order valence-electron chi connectivity index (χ3n) is 1.97. The molecule has 0 radical (unpaired) electrons. The highest BCUT2D eigenvalue weighted by Crippen LogP contribution is 2.15. The van der Waals surface area contributed by atoms with Crippen molar-refractivity contribution in [3.05, 3.63) is 0 Å². The number of hydrogen-bond donors (Lipinski definition) is 3. The Hall–Kier alpha value is 0.0969. The molecule has 0 rings (SSSR count). The molecule has 0 spiro atoms. The van der Waals surface area contributed by atoms with Gasteiger partial charge in [0.1, 0.15) is 8.24 Å². The Morgan fingerprint density at radius 1 is 1.09 bits per heavy atom. The Labute approximate surface area is 69.3 Å². The van der Waals surface area contributed by atoms with Gasteiger partial charge in [0.05, 0.1) is 0 Å². The van der Waals surface area contributed by atoms with E-state index in [9.17, 15) is 0 Å². The minimum absolute atomic E-state index is 0.169. The van der Waals surface area contributed by atoms with E-state index in [0.29, 0.717) is 0 Å². The molecule has 0 atom stereocenters. The van der Waals surface area contributed by atoms with Crippen LogP contribution in [-0.2, 0) is 0 Å². The molecule has 11 heavy (non-hydrogen) atoms. The molecule has 0 saturated carbocycles. The summed E-state index contributed by atoms with van der Waals surface area (Å²) in [7, 11) is -1.75. The van der Waals surface area contributed by atoms with E-state index in [2.05, 4.69) is 6.92 Å². The average molecular weight is 177 g/mol. The second-order valence-electron chi connectivity index (χ2n) is 3.06. The van der Waals surface area contributed by atoms with Gasteiger partial charge in [-0.3, -0.25) is 0 Å². The van der Waals surface area contributed by atoms with Crippen molar-refractivity contribution >= 4 is 8.24 Å². The Morgan fingerprint density at radius 2 is 1.55 bits per heavy atom. The van der Waals surface area contributed by atoms with Gasteiger partial charge in [-0.25, -0.2) is 0 Å². The lowest BCUT2D eigenvalue weighted by molar-refractivity contribution is 0.306. The number of nitrogens with two attached hydrogens (primary N) is 1. The van der Waals surface area contributed by atoms with Crippen LogP contribution in [-0.4, -0.2) is 31.7 Å². The van der Waals surface area contributed by atoms with Crippen LogP contribution in [0.4, 0.5) is 0 Å². The molecule has 0 aromatic carbocycles. The van der Waals surface area contributed by atoms with E-state index < -0.39 is 8.24 Å². The summed E-state index contributed by atoms with van der Waals surface area (Å²) in [4.78, 5) is 0. The normalized spacial score (nSPS) is 12.0. The fraction of sp³-hybridized carbons (Fsp3) is 1.00. The van der Waals surface area contributed by atoms with Crippen molar-refractivity contribution in [1.29, 1.82) is 0 Å². The van der Waals surface area contributed by atoms with Crippen molar-refractivity contribution in [2.75, 3.05) is 13.2 Å². The smallest absolute Gasteiger partial charge is 0.127 e. The second-order valence-corrected chi connectivity index (χ2v) is 7.28. The predicted octanol–water partition coefficient (Wildman–Crippen LogP) is 0.285. The molecule has 68 valence electrons. The molecule has 0 aliphatic carbocycles. The third-order valence-corrected chi connectivity index (χ3v) is 5.90. The van der Waals surface area contributed by atoms with Crippen LogP contribution < -0.4 is 5.40 Å². The van der Waals surface area contributed by atoms with Gasteiger partial charge in [0.2, 0.25) is 0 Å². The first-order chi connectivity index (χ1) is 5.18. The molecule has 4 N–H and O–H groups in total. The molecule has 0 unspecified atom stereocenters. The molecule has 4 heteroatoms. The second kappa shape index (κ2) is 5.71. The number of aliphatic hydroxyl groups is 2. The maximum absolute atomic E-state index is 8.73. The van der Waals surface area contributed by atoms with Gasteiger partial charge in [0.15, 0.2) is 0 Å². The highest BCUT2D eigenvalue weighted by molar-refractivity contribution is 6.76. The Kier molecular flexibility index (Phi) is 5.76. The van der Waals surface area contributed by atoms with Crippen LogP contribution in [0.15, 0.2) is 0 Å². The SMILES string of the molecule is CCC[Si](N)(CCO)CCO. The summed E-state index contributed by atoms with van der Waals surface area (Å²) in [6, 6.07) is 2.46. The molecular weight excluding hydrogens is 158 g/mol. The third kappa shape index (κ3) is 4.52. The fourth-order valence-corrected chi connectivity index (χ4v) is 3.95. The molecule has 0 saturated heterocycles. The Balaban J connectivity index is 3.79. The molecule has 3 nitrogen and oxygen atoms in total. The van der Waals surface area contributed by atoms with Crippen LogP contribution in [0.25, 0.3) is 0 Å². The van der Waals surface area contributed by atoms with Gasteiger partial charge in [-0.05, 0) is 18.1 Å². The lowest BCUT2D eigenvalue weighted by Gasteiger charge is -2.24. The lowest BCUT2D eigenvalue weighted by Crippen LogP contribution is -2.46. The molecule has 0 heterocycles. The van der Waals surface area contributed by atoms with Crippen LogP contribution in [0.2, 0.25) is 18.1 Å². The van der Waals surface area contributed by atoms with Gasteiger partial charge in [0, 0.05) is 13.2 Å². The van der Waals surface area contributed by atoms with E-state index in [1.807, 2.05) is 0 Å². The van der Waals surface area contributed by atoms with Crippen LogP contribution in [0.3, 0.4) is 0 Å². The summed E-state index contributed by atoms with van der Waals surface area (Å²) in [6.45, 7) is 2.43. The van der Waals surface area contributed by atoms with Gasteiger partial charge >= 0.3 is 0 Å². The zero-order valence-corrected chi connectivity index (χ0v) is 8.21. The van der Waals surface area contributed by atoms with E-state index >= 15 is 0 Å². The molecule has 0 aromatic heterocycles. The predicted molar refractivity (Wildman–Crippen MR) is 48.8 cm³/mol. The van der Waals surface area contributed by atoms with Crippen LogP contribution in [0.1, 0.15) is 13.3 Å². The van der Waals surface area contributed by atoms with Crippen molar-refractivity contribution in [3.8, 4) is 0 Å². The Morgan fingerprint density at radius 3 is 1.82 bits per heavy atom. The first kappa shape index (κ1) is 11.1. The summed E-state index contributed by atoms with van der Waals surface area (Å²) in [5, 5.41) is 23.5. The van der Waals surface area contributed by atoms with Gasteiger partial charge in [-0.15, -0.1) is 0 Å². The topological polar surface area (TPSA) is 66.5 Å². The van der Waals surface area contributed by atoms with Crippen molar-refractivity contribution in [3.63, 3.8) is 0 Å². The minimum Gasteiger partial charge on any atom is -0.397 e. The summed E-state index contributed by atoms with van der Waals surface area (Å²) in [5.41, 5.74) is 0. The van der Waals surface area contributed by atoms with Crippen molar-refractivity contribution in [1.82, 2.24) is 0 Å². The van der Waals surface area contributed by atoms with Crippen LogP contribution >= 0.6 is 0 Å². The van der Waals surface area contributed by atoms with Crippen LogP contribution in [0, 0.1) is 0 Å². The van der Waals surface area contributed by atoms with Gasteiger partial charge in [-0.2, -0.15) is 0 Å². The minimum atomic E-state index is -1.75. The van der Waals surface area contributed by atoms with E-state index in [0.717, 1.165) is 24.6 Å². The standard InChI is InChI=1S/C7H19NO2Si/c1-2-5-11(8,6-3-9)7-4-10/h9-10H,2-8H2,1H3. The summed E-state index contributed by atoms with van der Waals surface area (Å²) >= 11 is 0. The van der Waals surface area contributed by atoms with E-state index in [-0.39, 0.29) is 13.2 Å². The molecule has 0 fully saturated rings. The quantitative estimate of drug-likeness (QED) is 0.511. The van der Waals surface area contributed by atoms with Crippen molar-refractivity contribution < 1.29 is 10.2 Å². The largest absolute Gasteiger partial charge is 0.397 e. The van der Waals surface area contributed by atoms with E-state index in [4.69, 9.17) is 15.6 Å². The summed E-state index contributed by atoms with van der Waals surface area (Å²) in [6.07, 6.45) is 1.06. The summed E-state index contributed by atoms with van der Waals surface area (Å²) in [5.74, 6) is 0.